The van der Waals surface area contributed by atoms with E-state index in [4.69, 9.17) is 0 Å². The number of nitrogens with zero attached hydrogens (tertiary/aromatic N) is 1. The number of carbonyl (C=O) groups is 1. The van der Waals surface area contributed by atoms with Crippen LogP contribution in [-0.2, 0) is 11.2 Å². The molecular formula is C18H17N3OS. The monoisotopic (exact) mass is 323 g/mol. The molecule has 0 saturated heterocycles. The minimum atomic E-state index is -0.0564. The average molecular weight is 323 g/mol. The summed E-state index contributed by atoms with van der Waals surface area (Å²) in [5.41, 5.74) is 3.60. The van der Waals surface area contributed by atoms with Crippen molar-refractivity contribution < 1.29 is 4.79 Å². The summed E-state index contributed by atoms with van der Waals surface area (Å²) in [6.07, 6.45) is 0.300. The molecule has 0 bridgehead atoms. The van der Waals surface area contributed by atoms with Crippen molar-refractivity contribution in [3.63, 3.8) is 0 Å². The Labute approximate surface area is 139 Å². The average Bonchev–Trinajstić information content (AvgIpc) is 2.95. The number of rotatable bonds is 5. The minimum Gasteiger partial charge on any atom is -0.356 e. The van der Waals surface area contributed by atoms with E-state index >= 15 is 0 Å². The van der Waals surface area contributed by atoms with Crippen molar-refractivity contribution in [2.75, 3.05) is 10.6 Å². The van der Waals surface area contributed by atoms with E-state index in [1.165, 1.54) is 0 Å². The second-order valence-electron chi connectivity index (χ2n) is 5.15. The fourth-order valence-corrected chi connectivity index (χ4v) is 2.80. The van der Waals surface area contributed by atoms with Crippen LogP contribution in [-0.4, -0.2) is 10.9 Å². The van der Waals surface area contributed by atoms with Gasteiger partial charge in [0.2, 0.25) is 5.91 Å². The van der Waals surface area contributed by atoms with Crippen LogP contribution in [0.3, 0.4) is 0 Å². The molecule has 23 heavy (non-hydrogen) atoms. The van der Waals surface area contributed by atoms with Crippen molar-refractivity contribution in [3.8, 4) is 0 Å². The predicted octanol–water partition coefficient (Wildman–Crippen LogP) is 4.38. The first kappa shape index (κ1) is 15.2. The molecule has 116 valence electrons. The van der Waals surface area contributed by atoms with Gasteiger partial charge in [-0.05, 0) is 43.3 Å². The van der Waals surface area contributed by atoms with Crippen LogP contribution in [0.2, 0.25) is 0 Å². The zero-order valence-electron chi connectivity index (χ0n) is 12.7. The molecular weight excluding hydrogens is 306 g/mol. The first-order valence-electron chi connectivity index (χ1n) is 7.32. The van der Waals surface area contributed by atoms with Crippen LogP contribution in [0, 0.1) is 6.92 Å². The lowest BCUT2D eigenvalue weighted by molar-refractivity contribution is -0.115. The molecule has 3 aromatic rings. The van der Waals surface area contributed by atoms with Gasteiger partial charge in [0.05, 0.1) is 17.1 Å². The third kappa shape index (κ3) is 4.40. The molecule has 0 atom stereocenters. The second kappa shape index (κ2) is 7.07. The Balaban J connectivity index is 1.57. The van der Waals surface area contributed by atoms with E-state index in [2.05, 4.69) is 15.6 Å². The SMILES string of the molecule is Cc1nc(CC(=O)Nc2ccc(Nc3ccccc3)cc2)cs1. The molecule has 4 nitrogen and oxygen atoms in total. The number of para-hydroxylation sites is 1. The maximum atomic E-state index is 12.0. The molecule has 0 aliphatic rings. The highest BCUT2D eigenvalue weighted by Gasteiger charge is 2.07. The van der Waals surface area contributed by atoms with E-state index in [0.717, 1.165) is 27.8 Å². The van der Waals surface area contributed by atoms with Crippen molar-refractivity contribution in [1.82, 2.24) is 4.98 Å². The molecule has 0 fully saturated rings. The molecule has 0 aliphatic heterocycles. The molecule has 0 spiro atoms. The number of hydrogen-bond donors (Lipinski definition) is 2. The Morgan fingerprint density at radius 1 is 1.00 bits per heavy atom. The van der Waals surface area contributed by atoms with Crippen molar-refractivity contribution in [2.45, 2.75) is 13.3 Å². The summed E-state index contributed by atoms with van der Waals surface area (Å²) in [5, 5.41) is 9.09. The van der Waals surface area contributed by atoms with Crippen LogP contribution in [0.1, 0.15) is 10.7 Å². The van der Waals surface area contributed by atoms with Gasteiger partial charge >= 0.3 is 0 Å². The molecule has 1 aromatic heterocycles. The summed E-state index contributed by atoms with van der Waals surface area (Å²) in [6, 6.07) is 17.6. The molecule has 3 rings (SSSR count). The Hall–Kier alpha value is -2.66. The van der Waals surface area contributed by atoms with E-state index in [9.17, 15) is 4.79 Å². The topological polar surface area (TPSA) is 54.0 Å². The van der Waals surface area contributed by atoms with Gasteiger partial charge in [-0.25, -0.2) is 4.98 Å². The fraction of sp³-hybridized carbons (Fsp3) is 0.111. The third-order valence-electron chi connectivity index (χ3n) is 3.24. The number of amides is 1. The van der Waals surface area contributed by atoms with Gasteiger partial charge in [-0.15, -0.1) is 11.3 Å². The van der Waals surface area contributed by atoms with Gasteiger partial charge in [0.25, 0.3) is 0 Å². The van der Waals surface area contributed by atoms with Crippen LogP contribution in [0.5, 0.6) is 0 Å². The molecule has 0 radical (unpaired) electrons. The number of aromatic nitrogens is 1. The summed E-state index contributed by atoms with van der Waals surface area (Å²) in [7, 11) is 0. The number of aryl methyl sites for hydroxylation is 1. The smallest absolute Gasteiger partial charge is 0.230 e. The van der Waals surface area contributed by atoms with Crippen LogP contribution in [0.25, 0.3) is 0 Å². The van der Waals surface area contributed by atoms with Gasteiger partial charge in [-0.3, -0.25) is 4.79 Å². The predicted molar refractivity (Wildman–Crippen MR) is 95.4 cm³/mol. The number of benzene rings is 2. The molecule has 1 heterocycles. The number of thiazole rings is 1. The van der Waals surface area contributed by atoms with Crippen molar-refractivity contribution in [3.05, 3.63) is 70.7 Å². The highest BCUT2D eigenvalue weighted by atomic mass is 32.1. The lowest BCUT2D eigenvalue weighted by Gasteiger charge is -2.08. The molecule has 0 unspecified atom stereocenters. The number of carbonyl (C=O) groups excluding carboxylic acids is 1. The normalized spacial score (nSPS) is 10.3. The molecule has 1 amide bonds. The molecule has 2 N–H and O–H groups in total. The van der Waals surface area contributed by atoms with Gasteiger partial charge in [0.15, 0.2) is 0 Å². The lowest BCUT2D eigenvalue weighted by atomic mass is 10.2. The Morgan fingerprint density at radius 3 is 2.30 bits per heavy atom. The second-order valence-corrected chi connectivity index (χ2v) is 6.21. The number of anilines is 3. The maximum Gasteiger partial charge on any atom is 0.230 e. The summed E-state index contributed by atoms with van der Waals surface area (Å²) in [6.45, 7) is 1.94. The zero-order valence-corrected chi connectivity index (χ0v) is 13.6. The van der Waals surface area contributed by atoms with Gasteiger partial charge in [0.1, 0.15) is 0 Å². The molecule has 0 aliphatic carbocycles. The summed E-state index contributed by atoms with van der Waals surface area (Å²) in [5.74, 6) is -0.0564. The van der Waals surface area contributed by atoms with Crippen LogP contribution in [0.4, 0.5) is 17.1 Å². The third-order valence-corrected chi connectivity index (χ3v) is 4.06. The minimum absolute atomic E-state index is 0.0564. The number of hydrogen-bond acceptors (Lipinski definition) is 4. The first-order valence-corrected chi connectivity index (χ1v) is 8.20. The van der Waals surface area contributed by atoms with Crippen molar-refractivity contribution in [2.24, 2.45) is 0 Å². The van der Waals surface area contributed by atoms with Crippen LogP contribution < -0.4 is 10.6 Å². The summed E-state index contributed by atoms with van der Waals surface area (Å²) >= 11 is 1.56. The van der Waals surface area contributed by atoms with Gasteiger partial charge in [-0.1, -0.05) is 18.2 Å². The maximum absolute atomic E-state index is 12.0. The largest absolute Gasteiger partial charge is 0.356 e. The van der Waals surface area contributed by atoms with Crippen LogP contribution >= 0.6 is 11.3 Å². The van der Waals surface area contributed by atoms with Crippen molar-refractivity contribution in [1.29, 1.82) is 0 Å². The summed E-state index contributed by atoms with van der Waals surface area (Å²) in [4.78, 5) is 16.3. The van der Waals surface area contributed by atoms with E-state index in [1.54, 1.807) is 11.3 Å². The summed E-state index contributed by atoms with van der Waals surface area (Å²) < 4.78 is 0. The standard InChI is InChI=1S/C18H17N3OS/c1-13-19-17(12-23-13)11-18(22)21-16-9-7-15(8-10-16)20-14-5-3-2-4-6-14/h2-10,12,20H,11H2,1H3,(H,21,22). The zero-order chi connectivity index (χ0) is 16.1. The highest BCUT2D eigenvalue weighted by molar-refractivity contribution is 7.09. The van der Waals surface area contributed by atoms with Crippen LogP contribution in [0.15, 0.2) is 60.0 Å². The Morgan fingerprint density at radius 2 is 1.65 bits per heavy atom. The number of nitrogens with one attached hydrogen (secondary N) is 2. The quantitative estimate of drug-likeness (QED) is 0.733. The van der Waals surface area contributed by atoms with E-state index < -0.39 is 0 Å². The van der Waals surface area contributed by atoms with E-state index in [-0.39, 0.29) is 5.91 Å². The van der Waals surface area contributed by atoms with E-state index in [0.29, 0.717) is 6.42 Å². The lowest BCUT2D eigenvalue weighted by Crippen LogP contribution is -2.14. The van der Waals surface area contributed by atoms with E-state index in [1.807, 2.05) is 66.9 Å². The molecule has 0 saturated carbocycles. The van der Waals surface area contributed by atoms with Gasteiger partial charge < -0.3 is 10.6 Å². The van der Waals surface area contributed by atoms with Gasteiger partial charge in [0, 0.05) is 22.4 Å². The Bertz CT molecular complexity index is 782. The highest BCUT2D eigenvalue weighted by Crippen LogP contribution is 2.19. The molecule has 5 heteroatoms. The molecule has 2 aromatic carbocycles. The fourth-order valence-electron chi connectivity index (χ4n) is 2.18. The van der Waals surface area contributed by atoms with Gasteiger partial charge in [-0.2, -0.15) is 0 Å². The Kier molecular flexibility index (Phi) is 4.68. The van der Waals surface area contributed by atoms with Crippen molar-refractivity contribution >= 4 is 34.3 Å². The first-order chi connectivity index (χ1) is 11.2.